The summed E-state index contributed by atoms with van der Waals surface area (Å²) in [5.41, 5.74) is 1.63. The second-order valence-corrected chi connectivity index (χ2v) is 7.80. The minimum Gasteiger partial charge on any atom is -0.497 e. The molecule has 2 aliphatic heterocycles. The molecule has 158 valence electrons. The van der Waals surface area contributed by atoms with Crippen molar-refractivity contribution < 1.29 is 14.3 Å². The van der Waals surface area contributed by atoms with Gasteiger partial charge in [0.25, 0.3) is 0 Å². The first-order chi connectivity index (χ1) is 14.5. The van der Waals surface area contributed by atoms with Crippen LogP contribution in [0.1, 0.15) is 30.8 Å². The van der Waals surface area contributed by atoms with Crippen LogP contribution in [0.4, 0.5) is 11.5 Å². The molecular weight excluding hydrogens is 382 g/mol. The molecule has 0 spiro atoms. The van der Waals surface area contributed by atoms with Crippen molar-refractivity contribution in [1.29, 1.82) is 0 Å². The van der Waals surface area contributed by atoms with Gasteiger partial charge in [-0.25, -0.2) is 9.97 Å². The van der Waals surface area contributed by atoms with E-state index < -0.39 is 5.92 Å². The molecule has 0 aliphatic carbocycles. The van der Waals surface area contributed by atoms with E-state index in [9.17, 15) is 9.59 Å². The number of anilines is 2. The third-order valence-electron chi connectivity index (χ3n) is 5.60. The van der Waals surface area contributed by atoms with Crippen molar-refractivity contribution >= 4 is 23.3 Å². The fourth-order valence-electron chi connectivity index (χ4n) is 4.02. The molecule has 2 amide bonds. The van der Waals surface area contributed by atoms with Crippen molar-refractivity contribution in [3.8, 4) is 5.75 Å². The average molecular weight is 409 g/mol. The van der Waals surface area contributed by atoms with E-state index in [1.165, 1.54) is 12.8 Å². The van der Waals surface area contributed by atoms with Crippen molar-refractivity contribution in [3.05, 3.63) is 41.9 Å². The van der Waals surface area contributed by atoms with Gasteiger partial charge in [-0.2, -0.15) is 0 Å². The lowest BCUT2D eigenvalue weighted by Gasteiger charge is -2.18. The normalized spacial score (nSPS) is 18.7. The number of aryl methyl sites for hydroxylation is 1. The van der Waals surface area contributed by atoms with E-state index >= 15 is 0 Å². The maximum absolute atomic E-state index is 12.7. The smallest absolute Gasteiger partial charge is 0.227 e. The summed E-state index contributed by atoms with van der Waals surface area (Å²) >= 11 is 0. The lowest BCUT2D eigenvalue weighted by molar-refractivity contribution is -0.126. The molecule has 1 N–H and O–H groups in total. The fraction of sp³-hybridized carbons (Fsp3) is 0.455. The van der Waals surface area contributed by atoms with Crippen LogP contribution in [0.25, 0.3) is 0 Å². The summed E-state index contributed by atoms with van der Waals surface area (Å²) in [5.74, 6) is 1.59. The van der Waals surface area contributed by atoms with Gasteiger partial charge in [-0.05, 0) is 31.9 Å². The lowest BCUT2D eigenvalue weighted by atomic mass is 10.1. The maximum Gasteiger partial charge on any atom is 0.227 e. The Morgan fingerprint density at radius 1 is 1.23 bits per heavy atom. The fourth-order valence-corrected chi connectivity index (χ4v) is 4.02. The van der Waals surface area contributed by atoms with Gasteiger partial charge in [-0.3, -0.25) is 9.59 Å². The van der Waals surface area contributed by atoms with E-state index in [1.54, 1.807) is 18.1 Å². The highest BCUT2D eigenvalue weighted by molar-refractivity contribution is 6.00. The SMILES string of the molecule is COc1cccc(N2CC(C(=O)NCc3nc(C)cc(N4CCCC4)n3)CC2=O)c1. The Morgan fingerprint density at radius 2 is 2.03 bits per heavy atom. The monoisotopic (exact) mass is 409 g/mol. The Labute approximate surface area is 176 Å². The number of nitrogens with zero attached hydrogens (tertiary/aromatic N) is 4. The molecule has 3 heterocycles. The predicted octanol–water partition coefficient (Wildman–Crippen LogP) is 2.06. The molecule has 4 rings (SSSR count). The van der Waals surface area contributed by atoms with Crippen LogP contribution in [0, 0.1) is 12.8 Å². The minimum atomic E-state index is -0.397. The Hall–Kier alpha value is -3.16. The second kappa shape index (κ2) is 8.69. The lowest BCUT2D eigenvalue weighted by Crippen LogP contribution is -2.33. The van der Waals surface area contributed by atoms with Gasteiger partial charge in [0.15, 0.2) is 0 Å². The molecule has 1 aromatic carbocycles. The Morgan fingerprint density at radius 3 is 2.80 bits per heavy atom. The Bertz CT molecular complexity index is 942. The number of nitrogens with one attached hydrogen (secondary N) is 1. The van der Waals surface area contributed by atoms with Crippen LogP contribution in [-0.2, 0) is 16.1 Å². The third kappa shape index (κ3) is 4.37. The minimum absolute atomic E-state index is 0.0634. The first-order valence-corrected chi connectivity index (χ1v) is 10.3. The molecule has 2 aromatic rings. The number of rotatable bonds is 6. The van der Waals surface area contributed by atoms with Crippen LogP contribution in [0.15, 0.2) is 30.3 Å². The molecule has 2 fully saturated rings. The topological polar surface area (TPSA) is 87.7 Å². The number of carbonyl (C=O) groups excluding carboxylic acids is 2. The number of benzene rings is 1. The number of ether oxygens (including phenoxy) is 1. The molecule has 2 aliphatic rings. The van der Waals surface area contributed by atoms with Gasteiger partial charge in [0.1, 0.15) is 17.4 Å². The van der Waals surface area contributed by atoms with E-state index in [2.05, 4.69) is 20.2 Å². The van der Waals surface area contributed by atoms with Crippen LogP contribution in [0.3, 0.4) is 0 Å². The zero-order valence-corrected chi connectivity index (χ0v) is 17.4. The summed E-state index contributed by atoms with van der Waals surface area (Å²) in [6.45, 7) is 4.56. The van der Waals surface area contributed by atoms with Crippen LogP contribution < -0.4 is 19.9 Å². The summed E-state index contributed by atoms with van der Waals surface area (Å²) in [4.78, 5) is 38.2. The highest BCUT2D eigenvalue weighted by atomic mass is 16.5. The zero-order valence-electron chi connectivity index (χ0n) is 17.4. The van der Waals surface area contributed by atoms with Crippen molar-refractivity contribution in [2.24, 2.45) is 5.92 Å². The van der Waals surface area contributed by atoms with Gasteiger partial charge in [-0.1, -0.05) is 6.07 Å². The molecule has 8 heteroatoms. The summed E-state index contributed by atoms with van der Waals surface area (Å²) < 4.78 is 5.23. The van der Waals surface area contributed by atoms with E-state index in [1.807, 2.05) is 31.2 Å². The molecule has 0 saturated carbocycles. The van der Waals surface area contributed by atoms with Gasteiger partial charge < -0.3 is 19.9 Å². The molecule has 1 atom stereocenters. The number of hydrogen-bond acceptors (Lipinski definition) is 6. The molecular formula is C22H27N5O3. The van der Waals surface area contributed by atoms with E-state index in [4.69, 9.17) is 4.74 Å². The number of carbonyl (C=O) groups is 2. The van der Waals surface area contributed by atoms with Crippen molar-refractivity contribution in [1.82, 2.24) is 15.3 Å². The van der Waals surface area contributed by atoms with Gasteiger partial charge >= 0.3 is 0 Å². The summed E-state index contributed by atoms with van der Waals surface area (Å²) in [6.07, 6.45) is 2.54. The van der Waals surface area contributed by atoms with Crippen LogP contribution in [0.5, 0.6) is 5.75 Å². The maximum atomic E-state index is 12.7. The number of amides is 2. The van der Waals surface area contributed by atoms with Crippen molar-refractivity contribution in [2.45, 2.75) is 32.7 Å². The van der Waals surface area contributed by atoms with Gasteiger partial charge in [0.05, 0.1) is 19.6 Å². The van der Waals surface area contributed by atoms with Crippen LogP contribution in [-0.4, -0.2) is 48.5 Å². The van der Waals surface area contributed by atoms with Crippen LogP contribution >= 0.6 is 0 Å². The highest BCUT2D eigenvalue weighted by Gasteiger charge is 2.35. The molecule has 0 bridgehead atoms. The third-order valence-corrected chi connectivity index (χ3v) is 5.60. The van der Waals surface area contributed by atoms with Crippen molar-refractivity contribution in [3.63, 3.8) is 0 Å². The molecule has 1 aromatic heterocycles. The predicted molar refractivity (Wildman–Crippen MR) is 114 cm³/mol. The van der Waals surface area contributed by atoms with Crippen molar-refractivity contribution in [2.75, 3.05) is 36.5 Å². The molecule has 8 nitrogen and oxygen atoms in total. The molecule has 30 heavy (non-hydrogen) atoms. The van der Waals surface area contributed by atoms with Gasteiger partial charge in [0.2, 0.25) is 11.8 Å². The van der Waals surface area contributed by atoms with Crippen LogP contribution in [0.2, 0.25) is 0 Å². The highest BCUT2D eigenvalue weighted by Crippen LogP contribution is 2.28. The van der Waals surface area contributed by atoms with E-state index in [-0.39, 0.29) is 24.8 Å². The zero-order chi connectivity index (χ0) is 21.1. The summed E-state index contributed by atoms with van der Waals surface area (Å²) in [7, 11) is 1.59. The van der Waals surface area contributed by atoms with E-state index in [0.29, 0.717) is 18.1 Å². The largest absolute Gasteiger partial charge is 0.497 e. The Kier molecular flexibility index (Phi) is 5.83. The Balaban J connectivity index is 1.38. The van der Waals surface area contributed by atoms with Gasteiger partial charge in [-0.15, -0.1) is 0 Å². The summed E-state index contributed by atoms with van der Waals surface area (Å²) in [6, 6.07) is 9.30. The molecule has 2 saturated heterocycles. The number of hydrogen-bond donors (Lipinski definition) is 1. The first-order valence-electron chi connectivity index (χ1n) is 10.3. The number of methoxy groups -OCH3 is 1. The average Bonchev–Trinajstić information content (AvgIpc) is 3.42. The standard InChI is InChI=1S/C22H27N5O3/c1-15-10-20(26-8-3-4-9-26)25-19(24-15)13-23-22(29)16-11-21(28)27(14-16)17-6-5-7-18(12-17)30-2/h5-7,10,12,16H,3-4,8-9,11,13-14H2,1-2H3,(H,23,29). The van der Waals surface area contributed by atoms with Gasteiger partial charge in [0, 0.05) is 49.6 Å². The molecule has 0 radical (unpaired) electrons. The quantitative estimate of drug-likeness (QED) is 0.786. The first kappa shape index (κ1) is 20.1. The summed E-state index contributed by atoms with van der Waals surface area (Å²) in [5, 5.41) is 2.92. The van der Waals surface area contributed by atoms with E-state index in [0.717, 1.165) is 30.3 Å². The number of aromatic nitrogens is 2. The molecule has 1 unspecified atom stereocenters. The second-order valence-electron chi connectivity index (χ2n) is 7.80.